The van der Waals surface area contributed by atoms with Gasteiger partial charge in [-0.3, -0.25) is 9.69 Å². The number of carbonyl (C=O) groups excluding carboxylic acids is 1. The summed E-state index contributed by atoms with van der Waals surface area (Å²) in [5.74, 6) is 0.875. The molecule has 18 heavy (non-hydrogen) atoms. The minimum absolute atomic E-state index is 0.0420. The molecule has 2 saturated heterocycles. The Kier molecular flexibility index (Phi) is 2.70. The quantitative estimate of drug-likeness (QED) is 0.761. The second-order valence-electron chi connectivity index (χ2n) is 4.51. The summed E-state index contributed by atoms with van der Waals surface area (Å²) in [5.41, 5.74) is 0.820. The molecule has 0 bridgehead atoms. The van der Waals surface area contributed by atoms with Gasteiger partial charge in [0.05, 0.1) is 12.8 Å². The van der Waals surface area contributed by atoms with E-state index in [0.717, 1.165) is 30.8 Å². The monoisotopic (exact) mass is 262 g/mol. The molecule has 5 heteroatoms. The number of carbonyl (C=O) groups is 1. The number of hydrogen-bond donors (Lipinski definition) is 0. The van der Waals surface area contributed by atoms with Gasteiger partial charge in [0.15, 0.2) is 5.11 Å². The van der Waals surface area contributed by atoms with Gasteiger partial charge in [0.25, 0.3) is 5.91 Å². The van der Waals surface area contributed by atoms with Crippen LogP contribution in [-0.2, 0) is 4.79 Å². The number of rotatable bonds is 2. The summed E-state index contributed by atoms with van der Waals surface area (Å²) in [6.07, 6.45) is 1.96. The van der Waals surface area contributed by atoms with E-state index < -0.39 is 0 Å². The van der Waals surface area contributed by atoms with Crippen molar-refractivity contribution < 1.29 is 9.53 Å². The van der Waals surface area contributed by atoms with E-state index in [1.165, 1.54) is 0 Å². The lowest BCUT2D eigenvalue weighted by Gasteiger charge is -2.18. The minimum atomic E-state index is -0.0420. The van der Waals surface area contributed by atoms with E-state index in [0.29, 0.717) is 5.11 Å². The summed E-state index contributed by atoms with van der Waals surface area (Å²) >= 11 is 5.40. The lowest BCUT2D eigenvalue weighted by atomic mass is 10.2. The van der Waals surface area contributed by atoms with Crippen LogP contribution in [0.3, 0.4) is 0 Å². The van der Waals surface area contributed by atoms with Gasteiger partial charge in [0.2, 0.25) is 0 Å². The highest BCUT2D eigenvalue weighted by Gasteiger charge is 2.45. The van der Waals surface area contributed by atoms with Crippen LogP contribution in [0.1, 0.15) is 12.8 Å². The fraction of sp³-hybridized carbons (Fsp3) is 0.385. The van der Waals surface area contributed by atoms with E-state index in [1.807, 2.05) is 29.2 Å². The van der Waals surface area contributed by atoms with Gasteiger partial charge in [0.1, 0.15) is 11.8 Å². The van der Waals surface area contributed by atoms with Crippen LogP contribution in [0.5, 0.6) is 5.75 Å². The van der Waals surface area contributed by atoms with Gasteiger partial charge in [-0.25, -0.2) is 0 Å². The van der Waals surface area contributed by atoms with Crippen LogP contribution in [0.4, 0.5) is 5.69 Å². The molecule has 4 nitrogen and oxygen atoms in total. The van der Waals surface area contributed by atoms with Gasteiger partial charge < -0.3 is 9.64 Å². The van der Waals surface area contributed by atoms with E-state index in [9.17, 15) is 4.79 Å². The Morgan fingerprint density at radius 1 is 1.33 bits per heavy atom. The average molecular weight is 262 g/mol. The molecule has 3 rings (SSSR count). The predicted octanol–water partition coefficient (Wildman–Crippen LogP) is 1.79. The van der Waals surface area contributed by atoms with Crippen LogP contribution < -0.4 is 9.64 Å². The van der Waals surface area contributed by atoms with Crippen molar-refractivity contribution in [2.45, 2.75) is 18.9 Å². The zero-order valence-corrected chi connectivity index (χ0v) is 10.9. The maximum atomic E-state index is 12.3. The standard InChI is InChI=1S/C13H14N2O2S/c1-17-10-6-4-9(5-7-10)15-12(16)11-3-2-8-14(11)13(15)18/h4-7,11H,2-3,8H2,1H3/t11-/m1/s1. The molecule has 0 N–H and O–H groups in total. The van der Waals surface area contributed by atoms with Crippen molar-refractivity contribution in [1.29, 1.82) is 0 Å². The summed E-state index contributed by atoms with van der Waals surface area (Å²) in [5, 5.41) is 0.632. The van der Waals surface area contributed by atoms with Crippen molar-refractivity contribution in [3.8, 4) is 5.75 Å². The van der Waals surface area contributed by atoms with Crippen molar-refractivity contribution in [3.05, 3.63) is 24.3 Å². The molecule has 1 atom stereocenters. The van der Waals surface area contributed by atoms with Gasteiger partial charge in [-0.05, 0) is 49.3 Å². The number of nitrogens with zero attached hydrogens (tertiary/aromatic N) is 2. The fourth-order valence-corrected chi connectivity index (χ4v) is 3.01. The number of ether oxygens (including phenoxy) is 1. The third kappa shape index (κ3) is 1.58. The van der Waals surface area contributed by atoms with Crippen LogP contribution in [-0.4, -0.2) is 35.6 Å². The molecule has 0 radical (unpaired) electrons. The highest BCUT2D eigenvalue weighted by atomic mass is 32.1. The summed E-state index contributed by atoms with van der Waals surface area (Å²) in [6.45, 7) is 0.891. The fourth-order valence-electron chi connectivity index (χ4n) is 2.59. The smallest absolute Gasteiger partial charge is 0.256 e. The predicted molar refractivity (Wildman–Crippen MR) is 72.8 cm³/mol. The summed E-state index contributed by atoms with van der Waals surface area (Å²) < 4.78 is 5.11. The molecule has 94 valence electrons. The second-order valence-corrected chi connectivity index (χ2v) is 4.87. The zero-order valence-electron chi connectivity index (χ0n) is 10.1. The molecule has 2 fully saturated rings. The number of benzene rings is 1. The molecular formula is C13H14N2O2S. The molecule has 2 aliphatic heterocycles. The van der Waals surface area contributed by atoms with E-state index in [4.69, 9.17) is 17.0 Å². The molecule has 2 aliphatic rings. The first-order valence-corrected chi connectivity index (χ1v) is 6.42. The van der Waals surface area contributed by atoms with Crippen LogP contribution in [0.25, 0.3) is 0 Å². The molecule has 1 aromatic carbocycles. The topological polar surface area (TPSA) is 32.8 Å². The van der Waals surface area contributed by atoms with E-state index in [-0.39, 0.29) is 11.9 Å². The Balaban J connectivity index is 1.92. The number of anilines is 1. The largest absolute Gasteiger partial charge is 0.497 e. The molecule has 0 unspecified atom stereocenters. The maximum absolute atomic E-state index is 12.3. The Bertz CT molecular complexity index is 478. The number of amides is 1. The molecule has 1 amide bonds. The number of methoxy groups -OCH3 is 1. The summed E-state index contributed by atoms with van der Waals surface area (Å²) in [6, 6.07) is 7.37. The van der Waals surface area contributed by atoms with Crippen molar-refractivity contribution in [2.75, 3.05) is 18.6 Å². The summed E-state index contributed by atoms with van der Waals surface area (Å²) in [4.78, 5) is 16.0. The van der Waals surface area contributed by atoms with E-state index >= 15 is 0 Å². The van der Waals surface area contributed by atoms with E-state index in [1.54, 1.807) is 12.0 Å². The van der Waals surface area contributed by atoms with Gasteiger partial charge in [-0.1, -0.05) is 0 Å². The first kappa shape index (κ1) is 11.5. The maximum Gasteiger partial charge on any atom is 0.256 e. The van der Waals surface area contributed by atoms with Gasteiger partial charge >= 0.3 is 0 Å². The minimum Gasteiger partial charge on any atom is -0.497 e. The average Bonchev–Trinajstić information content (AvgIpc) is 2.95. The highest BCUT2D eigenvalue weighted by molar-refractivity contribution is 7.80. The molecule has 0 spiro atoms. The van der Waals surface area contributed by atoms with Crippen LogP contribution in [0, 0.1) is 0 Å². The van der Waals surface area contributed by atoms with Crippen molar-refractivity contribution in [3.63, 3.8) is 0 Å². The van der Waals surface area contributed by atoms with Crippen molar-refractivity contribution in [2.24, 2.45) is 0 Å². The molecule has 0 aromatic heterocycles. The van der Waals surface area contributed by atoms with Crippen molar-refractivity contribution in [1.82, 2.24) is 4.90 Å². The Hall–Kier alpha value is -1.62. The normalized spacial score (nSPS) is 22.6. The van der Waals surface area contributed by atoms with Gasteiger partial charge in [-0.15, -0.1) is 0 Å². The third-order valence-corrected chi connectivity index (χ3v) is 3.94. The molecular weight excluding hydrogens is 248 g/mol. The van der Waals surface area contributed by atoms with E-state index in [2.05, 4.69) is 0 Å². The lowest BCUT2D eigenvalue weighted by molar-refractivity contribution is -0.119. The molecule has 0 saturated carbocycles. The molecule has 0 aliphatic carbocycles. The van der Waals surface area contributed by atoms with Crippen molar-refractivity contribution >= 4 is 28.9 Å². The Morgan fingerprint density at radius 2 is 2.06 bits per heavy atom. The van der Waals surface area contributed by atoms with Gasteiger partial charge in [0, 0.05) is 6.54 Å². The van der Waals surface area contributed by atoms with Gasteiger partial charge in [-0.2, -0.15) is 0 Å². The van der Waals surface area contributed by atoms with Crippen LogP contribution in [0.15, 0.2) is 24.3 Å². The third-order valence-electron chi connectivity index (χ3n) is 3.53. The first-order valence-electron chi connectivity index (χ1n) is 6.01. The van der Waals surface area contributed by atoms with Crippen LogP contribution in [0.2, 0.25) is 0 Å². The van der Waals surface area contributed by atoms with Crippen LogP contribution >= 0.6 is 12.2 Å². The number of thiocarbonyl (C=S) groups is 1. The molecule has 2 heterocycles. The zero-order chi connectivity index (χ0) is 12.7. The second kappa shape index (κ2) is 4.24. The number of fused-ring (bicyclic) bond motifs is 1. The Morgan fingerprint density at radius 3 is 2.67 bits per heavy atom. The highest BCUT2D eigenvalue weighted by Crippen LogP contribution is 2.32. The summed E-state index contributed by atoms with van der Waals surface area (Å²) in [7, 11) is 1.62. The first-order chi connectivity index (χ1) is 8.72. The lowest BCUT2D eigenvalue weighted by Crippen LogP contribution is -2.32. The molecule has 1 aromatic rings. The Labute approximate surface area is 111 Å². The SMILES string of the molecule is COc1ccc(N2C(=O)[C@H]3CCCN3C2=S)cc1. The number of hydrogen-bond acceptors (Lipinski definition) is 3.